The molecule has 0 fully saturated rings. The first-order valence-corrected chi connectivity index (χ1v) is 9.36. The van der Waals surface area contributed by atoms with Gasteiger partial charge in [-0.2, -0.15) is 17.7 Å². The van der Waals surface area contributed by atoms with E-state index in [-0.39, 0.29) is 0 Å². The molecule has 0 saturated heterocycles. The van der Waals surface area contributed by atoms with Crippen LogP contribution in [0.5, 0.6) is 0 Å². The van der Waals surface area contributed by atoms with E-state index in [0.717, 1.165) is 16.0 Å². The van der Waals surface area contributed by atoms with Crippen LogP contribution in [0.15, 0.2) is 79.0 Å². The van der Waals surface area contributed by atoms with Crippen LogP contribution in [-0.2, 0) is 12.7 Å². The van der Waals surface area contributed by atoms with Crippen molar-refractivity contribution >= 4 is 24.0 Å². The highest BCUT2D eigenvalue weighted by Gasteiger charge is 2.35. The van der Waals surface area contributed by atoms with Gasteiger partial charge in [-0.05, 0) is 23.6 Å². The van der Waals surface area contributed by atoms with Crippen molar-refractivity contribution in [3.8, 4) is 0 Å². The molecule has 0 atom stereocenters. The van der Waals surface area contributed by atoms with Gasteiger partial charge >= 0.3 is 6.18 Å². The molecule has 3 aromatic rings. The second-order valence-electron chi connectivity index (χ2n) is 5.57. The molecular formula is C20H18F3NP+. The molecule has 0 N–H and O–H groups in total. The van der Waals surface area contributed by atoms with Crippen molar-refractivity contribution in [3.63, 3.8) is 0 Å². The summed E-state index contributed by atoms with van der Waals surface area (Å²) in [6.07, 6.45) is -3.12. The van der Waals surface area contributed by atoms with Gasteiger partial charge in [-0.15, -0.1) is 0 Å². The van der Waals surface area contributed by atoms with E-state index in [2.05, 4.69) is 0 Å². The van der Waals surface area contributed by atoms with Crippen molar-refractivity contribution in [3.05, 3.63) is 84.6 Å². The fraction of sp³-hybridized carbons (Fsp3) is 0.150. The second-order valence-corrected chi connectivity index (χ2v) is 7.73. The van der Waals surface area contributed by atoms with Crippen LogP contribution in [0.4, 0.5) is 13.2 Å². The molecule has 1 aromatic heterocycles. The van der Waals surface area contributed by atoms with Gasteiger partial charge in [0.1, 0.15) is 12.1 Å². The molecule has 1 heterocycles. The van der Waals surface area contributed by atoms with Crippen LogP contribution in [0, 0.1) is 0 Å². The Morgan fingerprint density at radius 3 is 1.76 bits per heavy atom. The average molecular weight is 360 g/mol. The van der Waals surface area contributed by atoms with Gasteiger partial charge in [0.15, 0.2) is 6.20 Å². The summed E-state index contributed by atoms with van der Waals surface area (Å²) in [6.45, 7) is 2.35. The zero-order valence-corrected chi connectivity index (χ0v) is 14.6. The Morgan fingerprint density at radius 1 is 0.800 bits per heavy atom. The highest BCUT2D eigenvalue weighted by molar-refractivity contribution is 7.79. The van der Waals surface area contributed by atoms with Crippen LogP contribution in [0.1, 0.15) is 12.5 Å². The molecule has 0 spiro atoms. The normalized spacial score (nSPS) is 11.7. The van der Waals surface area contributed by atoms with Gasteiger partial charge in [0.2, 0.25) is 5.44 Å². The maximum atomic E-state index is 13.1. The largest absolute Gasteiger partial charge is 0.422 e. The number of benzene rings is 2. The minimum Gasteiger partial charge on any atom is -0.198 e. The quantitative estimate of drug-likeness (QED) is 0.493. The summed E-state index contributed by atoms with van der Waals surface area (Å²) in [5.41, 5.74) is 0.289. The number of alkyl halides is 3. The number of pyridine rings is 1. The summed E-state index contributed by atoms with van der Waals surface area (Å²) in [5, 5.41) is 2.23. The Bertz CT molecular complexity index is 793. The Kier molecular flexibility index (Phi) is 5.19. The first-order chi connectivity index (χ1) is 12.0. The van der Waals surface area contributed by atoms with E-state index >= 15 is 0 Å². The van der Waals surface area contributed by atoms with Crippen molar-refractivity contribution < 1.29 is 17.7 Å². The van der Waals surface area contributed by atoms with Crippen LogP contribution in [-0.4, -0.2) is 0 Å². The van der Waals surface area contributed by atoms with E-state index in [1.54, 1.807) is 10.6 Å². The molecule has 0 unspecified atom stereocenters. The molecule has 0 amide bonds. The Labute approximate surface area is 146 Å². The first-order valence-electron chi connectivity index (χ1n) is 8.01. The van der Waals surface area contributed by atoms with Crippen LogP contribution in [0.2, 0.25) is 0 Å². The molecule has 0 aliphatic heterocycles. The van der Waals surface area contributed by atoms with Crippen molar-refractivity contribution in [2.75, 3.05) is 0 Å². The summed E-state index contributed by atoms with van der Waals surface area (Å²) in [7, 11) is -0.925. The molecule has 0 bridgehead atoms. The first kappa shape index (κ1) is 17.6. The number of nitrogens with zero attached hydrogens (tertiary/aromatic N) is 1. The topological polar surface area (TPSA) is 3.88 Å². The van der Waals surface area contributed by atoms with Crippen molar-refractivity contribution in [2.45, 2.75) is 19.6 Å². The molecule has 0 aliphatic rings. The van der Waals surface area contributed by atoms with Gasteiger partial charge in [0.25, 0.3) is 0 Å². The molecule has 1 nitrogen and oxygen atoms in total. The Balaban J connectivity index is 2.17. The van der Waals surface area contributed by atoms with Crippen LogP contribution in [0.25, 0.3) is 0 Å². The molecule has 0 saturated carbocycles. The standard InChI is InChI=1S/C20H18F3NP/c1-2-24-15-16(20(21,22)23)13-14-19(24)25(17-9-5-3-6-10-17)18-11-7-4-8-12-18/h3-15H,2H2,1H3/q+1. The van der Waals surface area contributed by atoms with E-state index < -0.39 is 19.7 Å². The number of aromatic nitrogens is 1. The van der Waals surface area contributed by atoms with E-state index in [0.29, 0.717) is 6.54 Å². The highest BCUT2D eigenvalue weighted by atomic mass is 31.1. The number of rotatable bonds is 4. The zero-order chi connectivity index (χ0) is 17.9. The van der Waals surface area contributed by atoms with Gasteiger partial charge in [-0.25, -0.2) is 0 Å². The van der Waals surface area contributed by atoms with Crippen molar-refractivity contribution in [2.24, 2.45) is 0 Å². The van der Waals surface area contributed by atoms with E-state index in [4.69, 9.17) is 0 Å². The minimum atomic E-state index is -4.34. The second kappa shape index (κ2) is 7.37. The van der Waals surface area contributed by atoms with Crippen molar-refractivity contribution in [1.29, 1.82) is 0 Å². The van der Waals surface area contributed by atoms with Crippen LogP contribution < -0.4 is 20.6 Å². The summed E-state index contributed by atoms with van der Waals surface area (Å²) >= 11 is 0. The third-order valence-electron chi connectivity index (χ3n) is 3.93. The predicted octanol–water partition coefficient (Wildman–Crippen LogP) is 3.77. The van der Waals surface area contributed by atoms with Gasteiger partial charge in [-0.1, -0.05) is 60.7 Å². The molecule has 2 aromatic carbocycles. The maximum Gasteiger partial charge on any atom is 0.422 e. The lowest BCUT2D eigenvalue weighted by Gasteiger charge is -2.18. The third kappa shape index (κ3) is 3.91. The van der Waals surface area contributed by atoms with Gasteiger partial charge in [0.05, 0.1) is 7.92 Å². The summed E-state index contributed by atoms with van der Waals surface area (Å²) < 4.78 is 40.9. The Hall–Kier alpha value is -2.19. The monoisotopic (exact) mass is 360 g/mol. The van der Waals surface area contributed by atoms with Gasteiger partial charge in [0, 0.05) is 6.07 Å². The number of halogens is 3. The van der Waals surface area contributed by atoms with Crippen LogP contribution in [0.3, 0.4) is 0 Å². The van der Waals surface area contributed by atoms with E-state index in [1.807, 2.05) is 67.6 Å². The predicted molar refractivity (Wildman–Crippen MR) is 96.0 cm³/mol. The molecule has 0 radical (unpaired) electrons. The average Bonchev–Trinajstić information content (AvgIpc) is 2.63. The fourth-order valence-corrected chi connectivity index (χ4v) is 5.18. The summed E-state index contributed by atoms with van der Waals surface area (Å²) in [4.78, 5) is 0. The van der Waals surface area contributed by atoms with Gasteiger partial charge in [-0.3, -0.25) is 0 Å². The van der Waals surface area contributed by atoms with Crippen molar-refractivity contribution in [1.82, 2.24) is 0 Å². The smallest absolute Gasteiger partial charge is 0.198 e. The molecular weight excluding hydrogens is 342 g/mol. The maximum absolute atomic E-state index is 13.1. The lowest BCUT2D eigenvalue weighted by molar-refractivity contribution is -0.676. The molecule has 3 rings (SSSR count). The molecule has 128 valence electrons. The lowest BCUT2D eigenvalue weighted by Crippen LogP contribution is -2.50. The third-order valence-corrected chi connectivity index (χ3v) is 6.42. The van der Waals surface area contributed by atoms with Gasteiger partial charge < -0.3 is 0 Å². The fourth-order valence-electron chi connectivity index (χ4n) is 2.73. The zero-order valence-electron chi connectivity index (χ0n) is 13.7. The van der Waals surface area contributed by atoms with E-state index in [9.17, 15) is 13.2 Å². The number of hydrogen-bond donors (Lipinski definition) is 0. The number of aryl methyl sites for hydroxylation is 1. The summed E-state index contributed by atoms with van der Waals surface area (Å²) in [5.74, 6) is 0. The minimum absolute atomic E-state index is 0.484. The Morgan fingerprint density at radius 2 is 1.32 bits per heavy atom. The van der Waals surface area contributed by atoms with Crippen LogP contribution >= 0.6 is 7.92 Å². The molecule has 5 heteroatoms. The lowest BCUT2D eigenvalue weighted by atomic mass is 10.3. The molecule has 25 heavy (non-hydrogen) atoms. The highest BCUT2D eigenvalue weighted by Crippen LogP contribution is 2.33. The number of hydrogen-bond acceptors (Lipinski definition) is 0. The summed E-state index contributed by atoms with van der Waals surface area (Å²) in [6, 6.07) is 22.7. The molecule has 0 aliphatic carbocycles. The van der Waals surface area contributed by atoms with E-state index in [1.165, 1.54) is 12.3 Å². The SMILES string of the molecule is CC[n+]1cc(C(F)(F)F)ccc1P(c1ccccc1)c1ccccc1.